The van der Waals surface area contributed by atoms with Gasteiger partial charge in [0.1, 0.15) is 5.69 Å². The topological polar surface area (TPSA) is 68.8 Å². The number of halogens is 3. The standard InChI is InChI=1S/C12H16F3N5O/c1-7(5-16-11-18-17-9(3)21-11)6-20-10(12(13,14)15)4-8(2)19-20/h4,7H,5-6H2,1-3H3,(H,16,18). The van der Waals surface area contributed by atoms with Crippen molar-refractivity contribution in [3.05, 3.63) is 23.3 Å². The highest BCUT2D eigenvalue weighted by Gasteiger charge is 2.35. The molecule has 2 heterocycles. The molecular weight excluding hydrogens is 287 g/mol. The van der Waals surface area contributed by atoms with E-state index in [0.29, 0.717) is 18.1 Å². The highest BCUT2D eigenvalue weighted by atomic mass is 19.4. The molecule has 0 fully saturated rings. The first-order chi connectivity index (χ1) is 9.75. The molecule has 0 bridgehead atoms. The van der Waals surface area contributed by atoms with Gasteiger partial charge in [-0.3, -0.25) is 4.68 Å². The molecule has 0 aliphatic carbocycles. The second-order valence-corrected chi connectivity index (χ2v) is 4.96. The molecule has 0 aromatic carbocycles. The Kier molecular flexibility index (Phi) is 4.19. The average Bonchev–Trinajstić information content (AvgIpc) is 2.92. The molecule has 2 rings (SSSR count). The monoisotopic (exact) mass is 303 g/mol. The van der Waals surface area contributed by atoms with Crippen LogP contribution in [-0.4, -0.2) is 26.5 Å². The molecular formula is C12H16F3N5O. The average molecular weight is 303 g/mol. The largest absolute Gasteiger partial charge is 0.433 e. The fourth-order valence-corrected chi connectivity index (χ4v) is 1.90. The summed E-state index contributed by atoms with van der Waals surface area (Å²) in [6.07, 6.45) is -4.40. The van der Waals surface area contributed by atoms with E-state index >= 15 is 0 Å². The van der Waals surface area contributed by atoms with Crippen LogP contribution in [0, 0.1) is 19.8 Å². The number of aromatic nitrogens is 4. The van der Waals surface area contributed by atoms with Crippen molar-refractivity contribution < 1.29 is 17.6 Å². The van der Waals surface area contributed by atoms with E-state index in [9.17, 15) is 13.2 Å². The molecule has 0 amide bonds. The van der Waals surface area contributed by atoms with Gasteiger partial charge in [0.05, 0.1) is 5.69 Å². The molecule has 1 unspecified atom stereocenters. The Labute approximate surface area is 119 Å². The van der Waals surface area contributed by atoms with Crippen molar-refractivity contribution in [1.29, 1.82) is 0 Å². The molecule has 0 spiro atoms. The van der Waals surface area contributed by atoms with Crippen LogP contribution in [0.15, 0.2) is 10.5 Å². The summed E-state index contributed by atoms with van der Waals surface area (Å²) in [5, 5.41) is 14.2. The van der Waals surface area contributed by atoms with E-state index in [-0.39, 0.29) is 18.5 Å². The van der Waals surface area contributed by atoms with E-state index in [1.54, 1.807) is 6.92 Å². The van der Waals surface area contributed by atoms with Crippen molar-refractivity contribution >= 4 is 6.01 Å². The fraction of sp³-hybridized carbons (Fsp3) is 0.583. The van der Waals surface area contributed by atoms with Crippen LogP contribution in [0.3, 0.4) is 0 Å². The van der Waals surface area contributed by atoms with Crippen molar-refractivity contribution in [1.82, 2.24) is 20.0 Å². The molecule has 1 N–H and O–H groups in total. The molecule has 2 aromatic rings. The summed E-state index contributed by atoms with van der Waals surface area (Å²) in [5.74, 6) is 0.324. The third-order valence-electron chi connectivity index (χ3n) is 2.80. The van der Waals surface area contributed by atoms with Crippen molar-refractivity contribution in [3.8, 4) is 0 Å². The molecule has 0 aliphatic rings. The Hall–Kier alpha value is -2.06. The van der Waals surface area contributed by atoms with E-state index in [4.69, 9.17) is 4.42 Å². The lowest BCUT2D eigenvalue weighted by Gasteiger charge is -2.15. The Morgan fingerprint density at radius 1 is 1.33 bits per heavy atom. The van der Waals surface area contributed by atoms with Gasteiger partial charge in [0, 0.05) is 20.0 Å². The number of hydrogen-bond donors (Lipinski definition) is 1. The van der Waals surface area contributed by atoms with Crippen LogP contribution in [0.4, 0.5) is 19.2 Å². The van der Waals surface area contributed by atoms with Crippen molar-refractivity contribution in [2.24, 2.45) is 5.92 Å². The summed E-state index contributed by atoms with van der Waals surface area (Å²) in [6.45, 7) is 5.55. The maximum absolute atomic E-state index is 12.9. The molecule has 0 aliphatic heterocycles. The molecule has 6 nitrogen and oxygen atoms in total. The van der Waals surface area contributed by atoms with Crippen LogP contribution < -0.4 is 5.32 Å². The van der Waals surface area contributed by atoms with Gasteiger partial charge in [-0.25, -0.2) is 0 Å². The zero-order chi connectivity index (χ0) is 15.6. The summed E-state index contributed by atoms with van der Waals surface area (Å²) in [6, 6.07) is 1.30. The van der Waals surface area contributed by atoms with Gasteiger partial charge >= 0.3 is 12.2 Å². The Morgan fingerprint density at radius 2 is 2.05 bits per heavy atom. The number of alkyl halides is 3. The second-order valence-electron chi connectivity index (χ2n) is 4.96. The van der Waals surface area contributed by atoms with Gasteiger partial charge in [-0.1, -0.05) is 12.0 Å². The SMILES string of the molecule is Cc1cc(C(F)(F)F)n(CC(C)CNc2nnc(C)o2)n1. The zero-order valence-electron chi connectivity index (χ0n) is 11.9. The third kappa shape index (κ3) is 3.96. The molecule has 0 saturated heterocycles. The van der Waals surface area contributed by atoms with Crippen LogP contribution in [0.2, 0.25) is 0 Å². The van der Waals surface area contributed by atoms with E-state index in [0.717, 1.165) is 10.7 Å². The maximum Gasteiger partial charge on any atom is 0.433 e. The van der Waals surface area contributed by atoms with Gasteiger partial charge in [-0.2, -0.15) is 18.3 Å². The summed E-state index contributed by atoms with van der Waals surface area (Å²) in [4.78, 5) is 0. The Morgan fingerprint density at radius 3 is 2.62 bits per heavy atom. The number of aryl methyl sites for hydroxylation is 2. The maximum atomic E-state index is 12.9. The number of hydrogen-bond acceptors (Lipinski definition) is 5. The zero-order valence-corrected chi connectivity index (χ0v) is 11.9. The molecule has 1 atom stereocenters. The van der Waals surface area contributed by atoms with Crippen molar-refractivity contribution in [2.75, 3.05) is 11.9 Å². The van der Waals surface area contributed by atoms with Crippen LogP contribution in [0.25, 0.3) is 0 Å². The fourth-order valence-electron chi connectivity index (χ4n) is 1.90. The third-order valence-corrected chi connectivity index (χ3v) is 2.80. The molecule has 0 radical (unpaired) electrons. The van der Waals surface area contributed by atoms with Crippen LogP contribution >= 0.6 is 0 Å². The lowest BCUT2D eigenvalue weighted by atomic mass is 10.2. The number of nitrogens with one attached hydrogen (secondary N) is 1. The molecule has 9 heteroatoms. The summed E-state index contributed by atoms with van der Waals surface area (Å²) in [7, 11) is 0. The lowest BCUT2D eigenvalue weighted by Crippen LogP contribution is -2.22. The van der Waals surface area contributed by atoms with Gasteiger partial charge in [0.15, 0.2) is 0 Å². The van der Waals surface area contributed by atoms with Crippen LogP contribution in [-0.2, 0) is 12.7 Å². The van der Waals surface area contributed by atoms with Gasteiger partial charge in [0.2, 0.25) is 5.89 Å². The second kappa shape index (κ2) is 5.74. The molecule has 116 valence electrons. The first-order valence-corrected chi connectivity index (χ1v) is 6.41. The number of rotatable bonds is 5. The van der Waals surface area contributed by atoms with Gasteiger partial charge in [-0.15, -0.1) is 5.10 Å². The van der Waals surface area contributed by atoms with E-state index in [2.05, 4.69) is 20.6 Å². The first kappa shape index (κ1) is 15.3. The predicted molar refractivity (Wildman–Crippen MR) is 68.7 cm³/mol. The van der Waals surface area contributed by atoms with E-state index in [1.807, 2.05) is 6.92 Å². The summed E-state index contributed by atoms with van der Waals surface area (Å²) in [5.41, 5.74) is -0.393. The summed E-state index contributed by atoms with van der Waals surface area (Å²) >= 11 is 0. The summed E-state index contributed by atoms with van der Waals surface area (Å²) < 4.78 is 44.7. The lowest BCUT2D eigenvalue weighted by molar-refractivity contribution is -0.144. The Bertz CT molecular complexity index is 604. The van der Waals surface area contributed by atoms with Gasteiger partial charge in [-0.05, 0) is 18.9 Å². The smallest absolute Gasteiger partial charge is 0.408 e. The van der Waals surface area contributed by atoms with E-state index in [1.165, 1.54) is 6.92 Å². The highest BCUT2D eigenvalue weighted by molar-refractivity contribution is 5.16. The first-order valence-electron chi connectivity index (χ1n) is 6.41. The van der Waals surface area contributed by atoms with Crippen LogP contribution in [0.5, 0.6) is 0 Å². The quantitative estimate of drug-likeness (QED) is 0.919. The minimum Gasteiger partial charge on any atom is -0.408 e. The van der Waals surface area contributed by atoms with Crippen LogP contribution in [0.1, 0.15) is 24.2 Å². The minimum absolute atomic E-state index is 0.0994. The van der Waals surface area contributed by atoms with Gasteiger partial charge < -0.3 is 9.73 Å². The number of nitrogens with zero attached hydrogens (tertiary/aromatic N) is 4. The molecule has 21 heavy (non-hydrogen) atoms. The normalized spacial score (nSPS) is 13.4. The highest BCUT2D eigenvalue weighted by Crippen LogP contribution is 2.30. The number of anilines is 1. The Balaban J connectivity index is 1.98. The van der Waals surface area contributed by atoms with E-state index < -0.39 is 11.9 Å². The predicted octanol–water partition coefficient (Wildman–Crippen LogP) is 2.65. The van der Waals surface area contributed by atoms with Crippen molar-refractivity contribution in [2.45, 2.75) is 33.5 Å². The van der Waals surface area contributed by atoms with Gasteiger partial charge in [0.25, 0.3) is 0 Å². The molecule has 0 saturated carbocycles. The van der Waals surface area contributed by atoms with Crippen molar-refractivity contribution in [3.63, 3.8) is 0 Å². The molecule has 2 aromatic heterocycles. The minimum atomic E-state index is -4.40.